The molecule has 3 aromatic carbocycles. The molecule has 2 aliphatic rings. The van der Waals surface area contributed by atoms with E-state index in [1.165, 1.54) is 12.1 Å². The predicted molar refractivity (Wildman–Crippen MR) is 160 cm³/mol. The molecule has 0 atom stereocenters. The van der Waals surface area contributed by atoms with Crippen molar-refractivity contribution in [2.75, 3.05) is 26.3 Å². The van der Waals surface area contributed by atoms with Crippen LogP contribution in [-0.4, -0.2) is 48.6 Å². The summed E-state index contributed by atoms with van der Waals surface area (Å²) < 4.78 is 32.1. The van der Waals surface area contributed by atoms with E-state index in [9.17, 15) is 14.0 Å². The van der Waals surface area contributed by atoms with Crippen molar-refractivity contribution in [3.05, 3.63) is 98.2 Å². The number of carbonyl (C=O) groups is 2. The van der Waals surface area contributed by atoms with Crippen LogP contribution in [0.2, 0.25) is 0 Å². The molecule has 0 bridgehead atoms. The third-order valence-corrected chi connectivity index (χ3v) is 8.83. The van der Waals surface area contributed by atoms with Crippen molar-refractivity contribution >= 4 is 49.3 Å². The van der Waals surface area contributed by atoms with Gasteiger partial charge in [0.1, 0.15) is 42.7 Å². The van der Waals surface area contributed by atoms with E-state index in [4.69, 9.17) is 19.9 Å². The fraction of sp³-hybridized carbons (Fsp3) is 0.290. The first-order valence-corrected chi connectivity index (χ1v) is 14.8. The van der Waals surface area contributed by atoms with E-state index < -0.39 is 11.5 Å². The second kappa shape index (κ2) is 12.8. The molecule has 0 saturated heterocycles. The Bertz CT molecular complexity index is 1470. The van der Waals surface area contributed by atoms with Gasteiger partial charge in [-0.25, -0.2) is 9.18 Å². The number of amides is 1. The van der Waals surface area contributed by atoms with Crippen molar-refractivity contribution in [3.8, 4) is 11.5 Å². The highest BCUT2D eigenvalue weighted by Crippen LogP contribution is 2.44. The van der Waals surface area contributed by atoms with E-state index in [2.05, 4.69) is 31.9 Å². The number of hydrogen-bond donors (Lipinski definition) is 1. The molecule has 7 nitrogen and oxygen atoms in total. The van der Waals surface area contributed by atoms with Crippen LogP contribution in [-0.2, 0) is 20.9 Å². The molecule has 3 aromatic rings. The minimum atomic E-state index is -0.680. The summed E-state index contributed by atoms with van der Waals surface area (Å²) in [6, 6.07) is 19.3. The highest BCUT2D eigenvalue weighted by atomic mass is 79.9. The van der Waals surface area contributed by atoms with Gasteiger partial charge in [-0.1, -0.05) is 46.3 Å². The second-order valence-electron chi connectivity index (χ2n) is 9.99. The Labute approximate surface area is 254 Å². The highest BCUT2D eigenvalue weighted by molar-refractivity contribution is 9.10. The predicted octanol–water partition coefficient (Wildman–Crippen LogP) is 6.03. The monoisotopic (exact) mass is 686 g/mol. The molecule has 1 heterocycles. The molecule has 1 aliphatic carbocycles. The zero-order valence-electron chi connectivity index (χ0n) is 22.2. The van der Waals surface area contributed by atoms with Crippen molar-refractivity contribution < 1.29 is 28.2 Å². The molecule has 0 spiro atoms. The number of carbonyl (C=O) groups excluding carboxylic acids is 2. The number of primary amides is 1. The minimum Gasteiger partial charge on any atom is -0.490 e. The SMILES string of the molecule is NC(=O)C1(N2CCC(c3ccc(OCCOc4cc(F)ccc4Br)cc3)=C(C(=O)OCc3ccccc3Br)C2)CC1. The number of hydrogen-bond acceptors (Lipinski definition) is 6. The zero-order valence-corrected chi connectivity index (χ0v) is 25.4. The van der Waals surface area contributed by atoms with E-state index in [1.54, 1.807) is 6.07 Å². The molecule has 1 fully saturated rings. The van der Waals surface area contributed by atoms with Crippen molar-refractivity contribution in [2.45, 2.75) is 31.4 Å². The Hall–Kier alpha value is -3.21. The molecule has 10 heteroatoms. The maximum Gasteiger partial charge on any atom is 0.335 e. The molecule has 2 N–H and O–H groups in total. The van der Waals surface area contributed by atoms with E-state index in [1.807, 2.05) is 53.4 Å². The third-order valence-electron chi connectivity index (χ3n) is 7.40. The highest BCUT2D eigenvalue weighted by Gasteiger charge is 2.54. The molecule has 0 aromatic heterocycles. The largest absolute Gasteiger partial charge is 0.490 e. The lowest BCUT2D eigenvalue weighted by Gasteiger charge is -2.35. The van der Waals surface area contributed by atoms with Gasteiger partial charge in [-0.3, -0.25) is 9.69 Å². The zero-order chi connectivity index (χ0) is 29.0. The lowest BCUT2D eigenvalue weighted by molar-refractivity contribution is -0.141. The van der Waals surface area contributed by atoms with Gasteiger partial charge in [-0.15, -0.1) is 0 Å². The summed E-state index contributed by atoms with van der Waals surface area (Å²) in [6.07, 6.45) is 1.97. The van der Waals surface area contributed by atoms with Gasteiger partial charge in [0, 0.05) is 29.2 Å². The van der Waals surface area contributed by atoms with Crippen LogP contribution in [0.1, 0.15) is 30.4 Å². The van der Waals surface area contributed by atoms with E-state index in [0.717, 1.165) is 21.2 Å². The Balaban J connectivity index is 1.28. The van der Waals surface area contributed by atoms with Crippen LogP contribution in [0.5, 0.6) is 11.5 Å². The Kier molecular flexibility index (Phi) is 9.11. The summed E-state index contributed by atoms with van der Waals surface area (Å²) in [4.78, 5) is 27.7. The smallest absolute Gasteiger partial charge is 0.335 e. The van der Waals surface area contributed by atoms with Crippen molar-refractivity contribution in [1.82, 2.24) is 4.90 Å². The van der Waals surface area contributed by atoms with Gasteiger partial charge in [0.25, 0.3) is 0 Å². The van der Waals surface area contributed by atoms with Crippen LogP contribution in [0.3, 0.4) is 0 Å². The van der Waals surface area contributed by atoms with Crippen molar-refractivity contribution in [2.24, 2.45) is 5.73 Å². The lowest BCUT2D eigenvalue weighted by atomic mass is 9.92. The molecule has 0 radical (unpaired) electrons. The summed E-state index contributed by atoms with van der Waals surface area (Å²) in [5.74, 6) is -0.0974. The number of halogens is 3. The average Bonchev–Trinajstić information content (AvgIpc) is 3.79. The lowest BCUT2D eigenvalue weighted by Crippen LogP contribution is -2.50. The standard InChI is InChI=1S/C31H29Br2FN2O5/c32-26-4-2-1-3-21(26)19-41-29(37)25-18-36(31(12-13-31)30(35)38)14-11-24(25)20-5-8-23(9-6-20)39-15-16-40-28-17-22(34)7-10-27(28)33/h1-10,17H,11-16,18-19H2,(H2,35,38). The van der Waals surface area contributed by atoms with Crippen LogP contribution >= 0.6 is 31.9 Å². The van der Waals surface area contributed by atoms with Crippen LogP contribution in [0, 0.1) is 5.82 Å². The molecular formula is C31H29Br2FN2O5. The molecular weight excluding hydrogens is 659 g/mol. The molecule has 41 heavy (non-hydrogen) atoms. The van der Waals surface area contributed by atoms with Crippen LogP contribution in [0.4, 0.5) is 4.39 Å². The Morgan fingerprint density at radius 1 is 0.951 bits per heavy atom. The normalized spacial score (nSPS) is 16.3. The molecule has 5 rings (SSSR count). The van der Waals surface area contributed by atoms with Gasteiger partial charge >= 0.3 is 5.97 Å². The molecule has 0 unspecified atom stereocenters. The van der Waals surface area contributed by atoms with Crippen molar-refractivity contribution in [1.29, 1.82) is 0 Å². The first kappa shape index (κ1) is 29.3. The minimum absolute atomic E-state index is 0.124. The maximum absolute atomic E-state index is 13.5. The summed E-state index contributed by atoms with van der Waals surface area (Å²) >= 11 is 6.84. The fourth-order valence-electron chi connectivity index (χ4n) is 4.97. The first-order valence-electron chi connectivity index (χ1n) is 13.3. The number of benzene rings is 3. The fourth-order valence-corrected chi connectivity index (χ4v) is 5.73. The van der Waals surface area contributed by atoms with Gasteiger partial charge in [-0.05, 0) is 76.7 Å². The maximum atomic E-state index is 13.5. The van der Waals surface area contributed by atoms with E-state index in [0.29, 0.717) is 47.4 Å². The molecule has 214 valence electrons. The second-order valence-corrected chi connectivity index (χ2v) is 11.7. The van der Waals surface area contributed by atoms with Crippen LogP contribution in [0.15, 0.2) is 81.2 Å². The summed E-state index contributed by atoms with van der Waals surface area (Å²) in [5.41, 5.74) is 8.21. The van der Waals surface area contributed by atoms with Crippen LogP contribution < -0.4 is 15.2 Å². The topological polar surface area (TPSA) is 91.1 Å². The summed E-state index contributed by atoms with van der Waals surface area (Å²) in [6.45, 7) is 1.53. The quantitative estimate of drug-likeness (QED) is 0.196. The van der Waals surface area contributed by atoms with Gasteiger partial charge in [0.05, 0.1) is 10.0 Å². The van der Waals surface area contributed by atoms with E-state index >= 15 is 0 Å². The van der Waals surface area contributed by atoms with Gasteiger partial charge in [0.2, 0.25) is 5.91 Å². The number of ether oxygens (including phenoxy) is 3. The molecule has 1 amide bonds. The molecule has 1 aliphatic heterocycles. The number of esters is 1. The summed E-state index contributed by atoms with van der Waals surface area (Å²) in [7, 11) is 0. The van der Waals surface area contributed by atoms with Gasteiger partial charge in [0.15, 0.2) is 0 Å². The Morgan fingerprint density at radius 2 is 1.68 bits per heavy atom. The Morgan fingerprint density at radius 3 is 2.39 bits per heavy atom. The molecule has 1 saturated carbocycles. The number of nitrogens with zero attached hydrogens (tertiary/aromatic N) is 1. The van der Waals surface area contributed by atoms with Crippen LogP contribution in [0.25, 0.3) is 5.57 Å². The number of rotatable bonds is 11. The van der Waals surface area contributed by atoms with Crippen molar-refractivity contribution in [3.63, 3.8) is 0 Å². The van der Waals surface area contributed by atoms with Gasteiger partial charge in [-0.2, -0.15) is 0 Å². The van der Waals surface area contributed by atoms with E-state index in [-0.39, 0.29) is 38.1 Å². The summed E-state index contributed by atoms with van der Waals surface area (Å²) in [5, 5.41) is 0. The third kappa shape index (κ3) is 6.82. The average molecular weight is 688 g/mol. The number of nitrogens with two attached hydrogens (primary N) is 1. The van der Waals surface area contributed by atoms with Gasteiger partial charge < -0.3 is 19.9 Å². The first-order chi connectivity index (χ1) is 19.8.